The van der Waals surface area contributed by atoms with Gasteiger partial charge in [0.1, 0.15) is 28.7 Å². The zero-order chi connectivity index (χ0) is 26.4. The number of carboxylic acids is 1. The highest BCUT2D eigenvalue weighted by Gasteiger charge is 2.24. The van der Waals surface area contributed by atoms with Gasteiger partial charge in [-0.3, -0.25) is 4.79 Å². The van der Waals surface area contributed by atoms with Crippen LogP contribution in [0.4, 0.5) is 5.82 Å². The minimum atomic E-state index is -1.20. The van der Waals surface area contributed by atoms with E-state index in [0.717, 1.165) is 0 Å². The summed E-state index contributed by atoms with van der Waals surface area (Å²) in [5, 5.41) is 22.4. The van der Waals surface area contributed by atoms with Crippen LogP contribution >= 0.6 is 0 Å². The third kappa shape index (κ3) is 5.12. The monoisotopic (exact) mass is 499 g/mol. The number of methoxy groups -OCH3 is 2. The van der Waals surface area contributed by atoms with Crippen molar-refractivity contribution in [1.82, 2.24) is 4.98 Å². The number of carbonyl (C=O) groups is 2. The van der Waals surface area contributed by atoms with Gasteiger partial charge in [0, 0.05) is 23.8 Å². The second-order valence-electron chi connectivity index (χ2n) is 7.56. The van der Waals surface area contributed by atoms with Crippen molar-refractivity contribution in [3.05, 3.63) is 83.8 Å². The van der Waals surface area contributed by atoms with Crippen molar-refractivity contribution in [3.63, 3.8) is 0 Å². The quantitative estimate of drug-likeness (QED) is 0.310. The van der Waals surface area contributed by atoms with Gasteiger partial charge >= 0.3 is 5.97 Å². The van der Waals surface area contributed by atoms with E-state index in [-0.39, 0.29) is 35.2 Å². The van der Waals surface area contributed by atoms with Gasteiger partial charge in [0.15, 0.2) is 18.4 Å². The lowest BCUT2D eigenvalue weighted by Gasteiger charge is -2.17. The number of rotatable bonds is 9. The third-order valence-electron chi connectivity index (χ3n) is 5.34. The number of anilines is 1. The Kier molecular flexibility index (Phi) is 7.47. The molecule has 10 heteroatoms. The number of ether oxygens (including phenoxy) is 3. The fraction of sp³-hybridized carbons (Fsp3) is 0.111. The van der Waals surface area contributed by atoms with Crippen molar-refractivity contribution in [2.45, 2.75) is 0 Å². The smallest absolute Gasteiger partial charge is 0.339 e. The summed E-state index contributed by atoms with van der Waals surface area (Å²) >= 11 is 0. The maximum absolute atomic E-state index is 12.8. The number of hydrogen-bond donors (Lipinski definition) is 2. The van der Waals surface area contributed by atoms with Crippen LogP contribution in [0.2, 0.25) is 0 Å². The van der Waals surface area contributed by atoms with Gasteiger partial charge in [-0.1, -0.05) is 24.3 Å². The summed E-state index contributed by atoms with van der Waals surface area (Å²) in [6.45, 7) is -0.0171. The molecule has 0 fully saturated rings. The summed E-state index contributed by atoms with van der Waals surface area (Å²) in [7, 11) is 2.83. The number of nitriles is 1. The van der Waals surface area contributed by atoms with Gasteiger partial charge in [-0.2, -0.15) is 5.26 Å². The lowest BCUT2D eigenvalue weighted by molar-refractivity contribution is 0.0515. The molecule has 0 aliphatic carbocycles. The SMILES string of the molecule is COCOc1ccccc1-c1cc(-c2cccc(C(=O)O)c2OC)c(C#N)c(NC(=O)c2ccco2)n1. The molecule has 0 unspecified atom stereocenters. The van der Waals surface area contributed by atoms with E-state index in [9.17, 15) is 20.0 Å². The fourth-order valence-corrected chi connectivity index (χ4v) is 3.74. The summed E-state index contributed by atoms with van der Waals surface area (Å²) in [5.41, 5.74) is 1.42. The average Bonchev–Trinajstić information content (AvgIpc) is 3.46. The van der Waals surface area contributed by atoms with E-state index in [2.05, 4.69) is 16.4 Å². The van der Waals surface area contributed by atoms with Crippen LogP contribution in [0.3, 0.4) is 0 Å². The topological polar surface area (TPSA) is 144 Å². The number of benzene rings is 2. The van der Waals surface area contributed by atoms with Crippen LogP contribution in [0.25, 0.3) is 22.4 Å². The Bertz CT molecular complexity index is 1490. The fourth-order valence-electron chi connectivity index (χ4n) is 3.74. The van der Waals surface area contributed by atoms with Gasteiger partial charge in [0.05, 0.1) is 19.1 Å². The van der Waals surface area contributed by atoms with E-state index in [1.807, 2.05) is 0 Å². The number of nitrogens with one attached hydrogen (secondary N) is 1. The second-order valence-corrected chi connectivity index (χ2v) is 7.56. The van der Waals surface area contributed by atoms with E-state index >= 15 is 0 Å². The predicted octanol–water partition coefficient (Wildman–Crippen LogP) is 4.82. The lowest BCUT2D eigenvalue weighted by Crippen LogP contribution is -2.14. The molecule has 2 N–H and O–H groups in total. The highest BCUT2D eigenvalue weighted by molar-refractivity contribution is 6.03. The zero-order valence-electron chi connectivity index (χ0n) is 19.8. The molecule has 0 aliphatic heterocycles. The van der Waals surface area contributed by atoms with Crippen LogP contribution in [-0.2, 0) is 4.74 Å². The van der Waals surface area contributed by atoms with Crippen LogP contribution in [0, 0.1) is 11.3 Å². The first-order valence-electron chi connectivity index (χ1n) is 10.9. The zero-order valence-corrected chi connectivity index (χ0v) is 19.8. The summed E-state index contributed by atoms with van der Waals surface area (Å²) in [5.74, 6) is -1.35. The Morgan fingerprint density at radius 2 is 1.84 bits per heavy atom. The Morgan fingerprint density at radius 1 is 1.05 bits per heavy atom. The molecule has 2 aromatic heterocycles. The number of aromatic nitrogens is 1. The maximum atomic E-state index is 12.8. The largest absolute Gasteiger partial charge is 0.495 e. The van der Waals surface area contributed by atoms with Crippen molar-refractivity contribution >= 4 is 17.7 Å². The van der Waals surface area contributed by atoms with Crippen LogP contribution < -0.4 is 14.8 Å². The van der Waals surface area contributed by atoms with Crippen molar-refractivity contribution in [2.24, 2.45) is 0 Å². The predicted molar refractivity (Wildman–Crippen MR) is 133 cm³/mol. The Hall–Kier alpha value is -5.14. The van der Waals surface area contributed by atoms with Gasteiger partial charge in [-0.15, -0.1) is 0 Å². The molecule has 0 saturated carbocycles. The van der Waals surface area contributed by atoms with E-state index in [4.69, 9.17) is 18.6 Å². The van der Waals surface area contributed by atoms with Crippen molar-refractivity contribution < 1.29 is 33.3 Å². The van der Waals surface area contributed by atoms with Gasteiger partial charge in [0.25, 0.3) is 5.91 Å². The molecule has 4 aromatic rings. The minimum Gasteiger partial charge on any atom is -0.495 e. The lowest BCUT2D eigenvalue weighted by atomic mass is 9.95. The van der Waals surface area contributed by atoms with E-state index < -0.39 is 11.9 Å². The van der Waals surface area contributed by atoms with E-state index in [1.165, 1.54) is 32.6 Å². The molecule has 4 rings (SSSR count). The highest BCUT2D eigenvalue weighted by Crippen LogP contribution is 2.40. The molecule has 10 nitrogen and oxygen atoms in total. The van der Waals surface area contributed by atoms with Gasteiger partial charge in [0.2, 0.25) is 0 Å². The Morgan fingerprint density at radius 3 is 2.51 bits per heavy atom. The average molecular weight is 499 g/mol. The molecular formula is C27H21N3O7. The Labute approximate surface area is 211 Å². The van der Waals surface area contributed by atoms with E-state index in [1.54, 1.807) is 48.5 Å². The molecule has 0 aliphatic rings. The molecule has 0 spiro atoms. The second kappa shape index (κ2) is 11.1. The molecule has 1 amide bonds. The van der Waals surface area contributed by atoms with Crippen molar-refractivity contribution in [2.75, 3.05) is 26.3 Å². The highest BCUT2D eigenvalue weighted by atomic mass is 16.7. The van der Waals surface area contributed by atoms with Crippen molar-refractivity contribution in [3.8, 4) is 40.0 Å². The summed E-state index contributed by atoms with van der Waals surface area (Å²) < 4.78 is 21.3. The standard InChI is InChI=1S/C27H21N3O7/c1-34-15-37-22-10-4-3-7-17(22)21-13-19(16-8-5-9-18(27(32)33)24(16)35-2)20(14-28)25(29-21)30-26(31)23-11-6-12-36-23/h3-13H,15H2,1-2H3,(H,32,33)(H,29,30,31). The number of amides is 1. The van der Waals surface area contributed by atoms with Gasteiger partial charge in [-0.25, -0.2) is 9.78 Å². The first-order chi connectivity index (χ1) is 18.0. The molecule has 0 saturated heterocycles. The minimum absolute atomic E-state index is 0.000198. The van der Waals surface area contributed by atoms with Gasteiger partial charge < -0.3 is 29.1 Å². The number of nitrogens with zero attached hydrogens (tertiary/aromatic N) is 2. The van der Waals surface area contributed by atoms with E-state index in [0.29, 0.717) is 28.1 Å². The molecule has 0 atom stereocenters. The first-order valence-corrected chi connectivity index (χ1v) is 10.9. The normalized spacial score (nSPS) is 10.4. The molecule has 186 valence electrons. The molecule has 0 radical (unpaired) electrons. The summed E-state index contributed by atoms with van der Waals surface area (Å²) in [6.07, 6.45) is 1.35. The Balaban J connectivity index is 1.98. The maximum Gasteiger partial charge on any atom is 0.339 e. The number of para-hydroxylation sites is 2. The molecule has 2 heterocycles. The third-order valence-corrected chi connectivity index (χ3v) is 5.34. The number of carboxylic acid groups (broad SMARTS) is 1. The van der Waals surface area contributed by atoms with Crippen LogP contribution in [0.15, 0.2) is 71.3 Å². The first kappa shape index (κ1) is 25.0. The molecule has 2 aromatic carbocycles. The number of hydrogen-bond acceptors (Lipinski definition) is 8. The van der Waals surface area contributed by atoms with Crippen LogP contribution in [0.5, 0.6) is 11.5 Å². The number of carbonyl (C=O) groups excluding carboxylic acids is 1. The number of aromatic carboxylic acids is 1. The van der Waals surface area contributed by atoms with Crippen LogP contribution in [-0.4, -0.2) is 43.0 Å². The summed E-state index contributed by atoms with van der Waals surface area (Å²) in [4.78, 5) is 29.2. The summed E-state index contributed by atoms with van der Waals surface area (Å²) in [6, 6.07) is 18.3. The van der Waals surface area contributed by atoms with Crippen molar-refractivity contribution in [1.29, 1.82) is 5.26 Å². The number of pyridine rings is 1. The molecular weight excluding hydrogens is 478 g/mol. The molecule has 37 heavy (non-hydrogen) atoms. The van der Waals surface area contributed by atoms with Gasteiger partial charge in [-0.05, 0) is 36.4 Å². The van der Waals surface area contributed by atoms with Crippen LogP contribution in [0.1, 0.15) is 26.5 Å². The number of furan rings is 1. The molecule has 0 bridgehead atoms.